The van der Waals surface area contributed by atoms with E-state index in [1.54, 1.807) is 4.90 Å². The van der Waals surface area contributed by atoms with E-state index in [9.17, 15) is 10.1 Å². The second-order valence-electron chi connectivity index (χ2n) is 7.64. The van der Waals surface area contributed by atoms with Crippen LogP contribution in [-0.4, -0.2) is 5.91 Å². The third-order valence-electron chi connectivity index (χ3n) is 5.33. The maximum Gasteiger partial charge on any atom is 0.232 e. The largest absolute Gasteiger partial charge is 0.489 e. The number of carbonyl (C=O) groups excluding carboxylic acids is 1. The predicted molar refractivity (Wildman–Crippen MR) is 130 cm³/mol. The van der Waals surface area contributed by atoms with Crippen LogP contribution in [0.2, 0.25) is 0 Å². The van der Waals surface area contributed by atoms with Crippen molar-refractivity contribution in [1.82, 2.24) is 0 Å². The van der Waals surface area contributed by atoms with Crippen LogP contribution in [0, 0.1) is 11.3 Å². The summed E-state index contributed by atoms with van der Waals surface area (Å²) in [5, 5.41) is 10.1. The molecule has 4 aromatic rings. The summed E-state index contributed by atoms with van der Waals surface area (Å²) < 4.78 is 5.87. The molecule has 4 aromatic carbocycles. The maximum absolute atomic E-state index is 13.4. The van der Waals surface area contributed by atoms with Gasteiger partial charge < -0.3 is 4.74 Å². The third kappa shape index (κ3) is 5.66. The van der Waals surface area contributed by atoms with E-state index < -0.39 is 6.04 Å². The molecule has 0 saturated carbocycles. The van der Waals surface area contributed by atoms with Crippen LogP contribution >= 0.6 is 0 Å². The van der Waals surface area contributed by atoms with Gasteiger partial charge in [-0.25, -0.2) is 0 Å². The van der Waals surface area contributed by atoms with E-state index >= 15 is 0 Å². The summed E-state index contributed by atoms with van der Waals surface area (Å²) in [5.74, 6) is 0.574. The molecule has 0 saturated heterocycles. The molecule has 4 nitrogen and oxygen atoms in total. The van der Waals surface area contributed by atoms with Gasteiger partial charge in [0, 0.05) is 5.69 Å². The van der Waals surface area contributed by atoms with Gasteiger partial charge in [-0.3, -0.25) is 9.69 Å². The Kier molecular flexibility index (Phi) is 7.15. The summed E-state index contributed by atoms with van der Waals surface area (Å²) in [5.41, 5.74) is 3.41. The molecule has 0 aromatic heterocycles. The van der Waals surface area contributed by atoms with E-state index in [0.29, 0.717) is 18.0 Å². The number of para-hydroxylation sites is 1. The average molecular weight is 433 g/mol. The van der Waals surface area contributed by atoms with E-state index in [-0.39, 0.29) is 12.3 Å². The molecular formula is C29H24N2O2. The summed E-state index contributed by atoms with van der Waals surface area (Å²) in [6.45, 7) is 0.466. The molecule has 0 fully saturated rings. The second kappa shape index (κ2) is 10.8. The van der Waals surface area contributed by atoms with Crippen LogP contribution in [0.15, 0.2) is 115 Å². The minimum atomic E-state index is -0.758. The van der Waals surface area contributed by atoms with Crippen LogP contribution < -0.4 is 9.64 Å². The topological polar surface area (TPSA) is 53.3 Å². The summed E-state index contributed by atoms with van der Waals surface area (Å²) in [6, 6.07) is 37.8. The molecule has 162 valence electrons. The Bertz CT molecular complexity index is 1200. The standard InChI is InChI=1S/C29H24N2O2/c30-21-28(25-16-18-27(19-17-25)33-22-24-12-6-2-7-13-24)31(26-14-8-3-9-15-26)29(32)20-23-10-4-1-5-11-23/h1-19,28H,20,22H2. The molecule has 4 heteroatoms. The van der Waals surface area contributed by atoms with E-state index in [1.165, 1.54) is 0 Å². The number of carbonyl (C=O) groups is 1. The van der Waals surface area contributed by atoms with Gasteiger partial charge >= 0.3 is 0 Å². The number of benzene rings is 4. The SMILES string of the molecule is N#CC(c1ccc(OCc2ccccc2)cc1)N(C(=O)Cc1ccccc1)c1ccccc1. The molecule has 0 spiro atoms. The highest BCUT2D eigenvalue weighted by Crippen LogP contribution is 2.29. The van der Waals surface area contributed by atoms with E-state index in [4.69, 9.17) is 4.74 Å². The van der Waals surface area contributed by atoms with Crippen LogP contribution in [0.1, 0.15) is 22.7 Å². The molecule has 0 N–H and O–H groups in total. The lowest BCUT2D eigenvalue weighted by atomic mass is 10.0. The Labute approximate surface area is 194 Å². The fourth-order valence-corrected chi connectivity index (χ4v) is 3.65. The monoisotopic (exact) mass is 432 g/mol. The highest BCUT2D eigenvalue weighted by atomic mass is 16.5. The highest BCUT2D eigenvalue weighted by Gasteiger charge is 2.27. The normalized spacial score (nSPS) is 11.2. The van der Waals surface area contributed by atoms with Gasteiger partial charge in [0.05, 0.1) is 12.5 Å². The first-order valence-electron chi connectivity index (χ1n) is 10.8. The molecule has 1 atom stereocenters. The first-order chi connectivity index (χ1) is 16.2. The molecular weight excluding hydrogens is 408 g/mol. The molecule has 0 bridgehead atoms. The number of nitriles is 1. The summed E-state index contributed by atoms with van der Waals surface area (Å²) in [6.07, 6.45) is 0.214. The fraction of sp³-hybridized carbons (Fsp3) is 0.103. The highest BCUT2D eigenvalue weighted by molar-refractivity contribution is 5.96. The molecule has 33 heavy (non-hydrogen) atoms. The van der Waals surface area contributed by atoms with Gasteiger partial charge in [-0.15, -0.1) is 0 Å². The lowest BCUT2D eigenvalue weighted by Gasteiger charge is -2.28. The Morgan fingerprint density at radius 3 is 1.88 bits per heavy atom. The Hall–Kier alpha value is -4.36. The molecule has 0 aliphatic rings. The number of hydrogen-bond acceptors (Lipinski definition) is 3. The number of ether oxygens (including phenoxy) is 1. The van der Waals surface area contributed by atoms with Crippen LogP contribution in [0.5, 0.6) is 5.75 Å². The zero-order chi connectivity index (χ0) is 22.9. The smallest absolute Gasteiger partial charge is 0.232 e. The van der Waals surface area contributed by atoms with Crippen LogP contribution in [-0.2, 0) is 17.8 Å². The average Bonchev–Trinajstić information content (AvgIpc) is 2.88. The van der Waals surface area contributed by atoms with Gasteiger partial charge in [0.25, 0.3) is 0 Å². The van der Waals surface area contributed by atoms with Gasteiger partial charge in [-0.2, -0.15) is 5.26 Å². The van der Waals surface area contributed by atoms with Crippen LogP contribution in [0.4, 0.5) is 5.69 Å². The van der Waals surface area contributed by atoms with E-state index in [1.807, 2.05) is 115 Å². The molecule has 0 radical (unpaired) electrons. The summed E-state index contributed by atoms with van der Waals surface area (Å²) >= 11 is 0. The van der Waals surface area contributed by atoms with Crippen molar-refractivity contribution < 1.29 is 9.53 Å². The maximum atomic E-state index is 13.4. The number of rotatable bonds is 8. The van der Waals surface area contributed by atoms with Crippen molar-refractivity contribution in [3.63, 3.8) is 0 Å². The minimum absolute atomic E-state index is 0.136. The minimum Gasteiger partial charge on any atom is -0.489 e. The fourth-order valence-electron chi connectivity index (χ4n) is 3.65. The number of amides is 1. The van der Waals surface area contributed by atoms with Gasteiger partial charge in [0.2, 0.25) is 5.91 Å². The van der Waals surface area contributed by atoms with Crippen molar-refractivity contribution in [2.75, 3.05) is 4.90 Å². The summed E-state index contributed by atoms with van der Waals surface area (Å²) in [4.78, 5) is 14.9. The number of nitrogens with zero attached hydrogens (tertiary/aromatic N) is 2. The molecule has 4 rings (SSSR count). The van der Waals surface area contributed by atoms with E-state index in [0.717, 1.165) is 16.7 Å². The van der Waals surface area contributed by atoms with Gasteiger partial charge in [0.1, 0.15) is 18.4 Å². The Morgan fingerprint density at radius 1 is 0.758 bits per heavy atom. The number of anilines is 1. The van der Waals surface area contributed by atoms with Crippen molar-refractivity contribution in [1.29, 1.82) is 5.26 Å². The van der Waals surface area contributed by atoms with Gasteiger partial charge in [-0.1, -0.05) is 91.0 Å². The molecule has 0 heterocycles. The first kappa shape index (κ1) is 21.9. The summed E-state index contributed by atoms with van der Waals surface area (Å²) in [7, 11) is 0. The van der Waals surface area contributed by atoms with Crippen molar-refractivity contribution in [3.8, 4) is 11.8 Å². The number of hydrogen-bond donors (Lipinski definition) is 0. The van der Waals surface area contributed by atoms with Crippen molar-refractivity contribution in [3.05, 3.63) is 132 Å². The van der Waals surface area contributed by atoms with Crippen LogP contribution in [0.3, 0.4) is 0 Å². The lowest BCUT2D eigenvalue weighted by molar-refractivity contribution is -0.118. The Balaban J connectivity index is 1.56. The third-order valence-corrected chi connectivity index (χ3v) is 5.33. The first-order valence-corrected chi connectivity index (χ1v) is 10.8. The molecule has 0 aliphatic heterocycles. The van der Waals surface area contributed by atoms with Crippen molar-refractivity contribution >= 4 is 11.6 Å². The van der Waals surface area contributed by atoms with E-state index in [2.05, 4.69) is 6.07 Å². The van der Waals surface area contributed by atoms with Gasteiger partial charge in [0.15, 0.2) is 0 Å². The molecule has 1 amide bonds. The second-order valence-corrected chi connectivity index (χ2v) is 7.64. The van der Waals surface area contributed by atoms with Crippen molar-refractivity contribution in [2.45, 2.75) is 19.1 Å². The Morgan fingerprint density at radius 2 is 1.30 bits per heavy atom. The zero-order valence-corrected chi connectivity index (χ0v) is 18.2. The zero-order valence-electron chi connectivity index (χ0n) is 18.2. The quantitative estimate of drug-likeness (QED) is 0.338. The molecule has 0 aliphatic carbocycles. The predicted octanol–water partition coefficient (Wildman–Crippen LogP) is 6.11. The van der Waals surface area contributed by atoms with Crippen LogP contribution in [0.25, 0.3) is 0 Å². The van der Waals surface area contributed by atoms with Crippen molar-refractivity contribution in [2.24, 2.45) is 0 Å². The molecule has 1 unspecified atom stereocenters. The lowest BCUT2D eigenvalue weighted by Crippen LogP contribution is -2.35. The van der Waals surface area contributed by atoms with Gasteiger partial charge in [-0.05, 0) is 41.0 Å².